The molecule has 0 unspecified atom stereocenters. The highest BCUT2D eigenvalue weighted by atomic mass is 32.2. The molecule has 1 aliphatic carbocycles. The Morgan fingerprint density at radius 3 is 2.29 bits per heavy atom. The lowest BCUT2D eigenvalue weighted by molar-refractivity contribution is -0.123. The van der Waals surface area contributed by atoms with Crippen molar-refractivity contribution in [3.8, 4) is 0 Å². The van der Waals surface area contributed by atoms with Crippen molar-refractivity contribution in [2.75, 3.05) is 33.3 Å². The first-order valence-corrected chi connectivity index (χ1v) is 15.5. The molecule has 1 aliphatic heterocycles. The quantitative estimate of drug-likeness (QED) is 0.378. The van der Waals surface area contributed by atoms with Gasteiger partial charge in [0.25, 0.3) is 15.9 Å². The van der Waals surface area contributed by atoms with E-state index < -0.39 is 28.2 Å². The van der Waals surface area contributed by atoms with Crippen molar-refractivity contribution in [2.45, 2.75) is 70.2 Å². The highest BCUT2D eigenvalue weighted by molar-refractivity contribution is 7.89. The molecule has 0 aromatic heterocycles. The number of carbonyl (C=O) groups is 4. The van der Waals surface area contributed by atoms with Crippen LogP contribution in [0.15, 0.2) is 40.3 Å². The lowest BCUT2D eigenvalue weighted by Gasteiger charge is -2.30. The Labute approximate surface area is 241 Å². The summed E-state index contributed by atoms with van der Waals surface area (Å²) in [6, 6.07) is 4.81. The SMILES string of the molecule is CCNC(=O)OCC1CCC(NC(=O)N(C)S(=O)(=O)c2ccc(CCNC(=O)N3CC(C)=C(CC)C3=O)cc2)CC1. The van der Waals surface area contributed by atoms with Crippen LogP contribution in [-0.2, 0) is 26.0 Å². The van der Waals surface area contributed by atoms with E-state index in [2.05, 4.69) is 16.0 Å². The molecule has 13 heteroatoms. The van der Waals surface area contributed by atoms with E-state index in [1.165, 1.54) is 24.1 Å². The molecule has 1 aromatic rings. The third-order valence-electron chi connectivity index (χ3n) is 7.52. The van der Waals surface area contributed by atoms with Crippen molar-refractivity contribution in [1.29, 1.82) is 0 Å². The van der Waals surface area contributed by atoms with E-state index in [1.54, 1.807) is 12.1 Å². The number of hydrogen-bond donors (Lipinski definition) is 3. The predicted octanol–water partition coefficient (Wildman–Crippen LogP) is 3.14. The first-order valence-electron chi connectivity index (χ1n) is 14.0. The summed E-state index contributed by atoms with van der Waals surface area (Å²) in [4.78, 5) is 50.2. The van der Waals surface area contributed by atoms with Crippen LogP contribution in [0.3, 0.4) is 0 Å². The summed E-state index contributed by atoms with van der Waals surface area (Å²) in [5.74, 6) is -0.0577. The monoisotopic (exact) mass is 591 g/mol. The molecule has 0 bridgehead atoms. The van der Waals surface area contributed by atoms with Crippen molar-refractivity contribution in [1.82, 2.24) is 25.2 Å². The van der Waals surface area contributed by atoms with Gasteiger partial charge in [-0.15, -0.1) is 0 Å². The highest BCUT2D eigenvalue weighted by Gasteiger charge is 2.32. The van der Waals surface area contributed by atoms with Gasteiger partial charge in [-0.3, -0.25) is 9.69 Å². The Morgan fingerprint density at radius 1 is 1.05 bits per heavy atom. The van der Waals surface area contributed by atoms with Crippen molar-refractivity contribution >= 4 is 34.1 Å². The second-order valence-electron chi connectivity index (χ2n) is 10.4. The largest absolute Gasteiger partial charge is 0.449 e. The maximum absolute atomic E-state index is 13.1. The number of alkyl carbamates (subject to hydrolysis) is 1. The Bertz CT molecular complexity index is 1250. The smallest absolute Gasteiger partial charge is 0.407 e. The number of rotatable bonds is 10. The molecule has 0 saturated heterocycles. The van der Waals surface area contributed by atoms with Crippen LogP contribution in [0.1, 0.15) is 58.4 Å². The van der Waals surface area contributed by atoms with Crippen LogP contribution in [0.5, 0.6) is 0 Å². The molecular weight excluding hydrogens is 550 g/mol. The number of ether oxygens (including phenoxy) is 1. The van der Waals surface area contributed by atoms with Crippen LogP contribution in [0.25, 0.3) is 0 Å². The number of nitrogens with zero attached hydrogens (tertiary/aromatic N) is 2. The molecule has 1 aromatic carbocycles. The first-order chi connectivity index (χ1) is 19.5. The minimum atomic E-state index is -4.07. The maximum atomic E-state index is 13.1. The number of sulfonamides is 1. The summed E-state index contributed by atoms with van der Waals surface area (Å²) >= 11 is 0. The van der Waals surface area contributed by atoms with E-state index in [1.807, 2.05) is 20.8 Å². The van der Waals surface area contributed by atoms with Crippen LogP contribution < -0.4 is 16.0 Å². The van der Waals surface area contributed by atoms with Gasteiger partial charge in [-0.1, -0.05) is 19.1 Å². The van der Waals surface area contributed by atoms with Crippen molar-refractivity contribution < 1.29 is 32.3 Å². The first kappa shape index (κ1) is 31.9. The van der Waals surface area contributed by atoms with Gasteiger partial charge in [0, 0.05) is 31.8 Å². The summed E-state index contributed by atoms with van der Waals surface area (Å²) in [6.07, 6.45) is 3.42. The fourth-order valence-corrected chi connectivity index (χ4v) is 6.07. The summed E-state index contributed by atoms with van der Waals surface area (Å²) in [5, 5.41) is 8.12. The molecule has 12 nitrogen and oxygen atoms in total. The van der Waals surface area contributed by atoms with Gasteiger partial charge >= 0.3 is 18.2 Å². The van der Waals surface area contributed by atoms with Crippen LogP contribution in [0, 0.1) is 5.92 Å². The van der Waals surface area contributed by atoms with Gasteiger partial charge in [-0.2, -0.15) is 0 Å². The van der Waals surface area contributed by atoms with E-state index in [9.17, 15) is 27.6 Å². The molecule has 226 valence electrons. The number of hydrogen-bond acceptors (Lipinski definition) is 7. The van der Waals surface area contributed by atoms with Crippen LogP contribution >= 0.6 is 0 Å². The second kappa shape index (κ2) is 14.3. The van der Waals surface area contributed by atoms with Crippen LogP contribution in [0.4, 0.5) is 14.4 Å². The molecule has 1 fully saturated rings. The van der Waals surface area contributed by atoms with E-state index >= 15 is 0 Å². The molecule has 1 saturated carbocycles. The summed E-state index contributed by atoms with van der Waals surface area (Å²) < 4.78 is 32.0. The summed E-state index contributed by atoms with van der Waals surface area (Å²) in [5.41, 5.74) is 2.36. The highest BCUT2D eigenvalue weighted by Crippen LogP contribution is 2.25. The third kappa shape index (κ3) is 8.21. The summed E-state index contributed by atoms with van der Waals surface area (Å²) in [6.45, 7) is 6.92. The molecular formula is C28H41N5O7S. The molecule has 41 heavy (non-hydrogen) atoms. The summed E-state index contributed by atoms with van der Waals surface area (Å²) in [7, 11) is -2.84. The molecule has 0 radical (unpaired) electrons. The lowest BCUT2D eigenvalue weighted by Crippen LogP contribution is -2.46. The van der Waals surface area contributed by atoms with Gasteiger partial charge in [0.1, 0.15) is 0 Å². The molecule has 3 rings (SSSR count). The standard InChI is InChI=1S/C28H41N5O7S/c1-5-24-19(3)17-33(25(24)34)26(35)30-16-15-20-9-13-23(14-10-20)41(38,39)32(4)27(36)31-22-11-7-21(8-12-22)18-40-28(37)29-6-2/h9-10,13-14,21-22H,5-8,11-12,15-18H2,1-4H3,(H,29,37)(H,30,35)(H,31,36). The van der Waals surface area contributed by atoms with Crippen molar-refractivity contribution in [3.05, 3.63) is 41.0 Å². The Morgan fingerprint density at radius 2 is 1.71 bits per heavy atom. The zero-order valence-corrected chi connectivity index (χ0v) is 25.0. The second-order valence-corrected chi connectivity index (χ2v) is 12.4. The zero-order chi connectivity index (χ0) is 30.2. The Hall–Kier alpha value is -3.61. The number of urea groups is 2. The van der Waals surface area contributed by atoms with Gasteiger partial charge in [-0.05, 0) is 81.6 Å². The minimum absolute atomic E-state index is 0.0227. The van der Waals surface area contributed by atoms with Crippen LogP contribution in [-0.4, -0.2) is 81.0 Å². The molecule has 0 spiro atoms. The lowest BCUT2D eigenvalue weighted by atomic mass is 9.86. The molecule has 3 N–H and O–H groups in total. The van der Waals surface area contributed by atoms with Gasteiger partial charge in [0.05, 0.1) is 18.0 Å². The topological polar surface area (TPSA) is 154 Å². The van der Waals surface area contributed by atoms with Gasteiger partial charge < -0.3 is 20.7 Å². The molecule has 1 heterocycles. The Kier molecular flexibility index (Phi) is 11.2. The predicted molar refractivity (Wildman–Crippen MR) is 152 cm³/mol. The fraction of sp³-hybridized carbons (Fsp3) is 0.571. The van der Waals surface area contributed by atoms with Crippen LogP contribution in [0.2, 0.25) is 0 Å². The van der Waals surface area contributed by atoms with Gasteiger partial charge in [0.15, 0.2) is 0 Å². The van der Waals surface area contributed by atoms with E-state index in [0.717, 1.165) is 24.0 Å². The normalized spacial score (nSPS) is 19.1. The van der Waals surface area contributed by atoms with E-state index in [-0.39, 0.29) is 35.9 Å². The van der Waals surface area contributed by atoms with Crippen molar-refractivity contribution in [2.24, 2.45) is 5.92 Å². The number of benzene rings is 1. The van der Waals surface area contributed by atoms with Gasteiger partial charge in [0.2, 0.25) is 0 Å². The zero-order valence-electron chi connectivity index (χ0n) is 24.2. The number of imide groups is 1. The maximum Gasteiger partial charge on any atom is 0.407 e. The fourth-order valence-electron chi connectivity index (χ4n) is 5.00. The average Bonchev–Trinajstić information content (AvgIpc) is 3.25. The van der Waals surface area contributed by atoms with Gasteiger partial charge in [-0.25, -0.2) is 27.1 Å². The molecule has 6 amide bonds. The average molecular weight is 592 g/mol. The van der Waals surface area contributed by atoms with Crippen molar-refractivity contribution in [3.63, 3.8) is 0 Å². The minimum Gasteiger partial charge on any atom is -0.449 e. The van der Waals surface area contributed by atoms with E-state index in [0.29, 0.717) is 48.7 Å². The molecule has 2 aliphatic rings. The van der Waals surface area contributed by atoms with E-state index in [4.69, 9.17) is 4.74 Å². The number of nitrogens with one attached hydrogen (secondary N) is 3. The number of amides is 6. The third-order valence-corrected chi connectivity index (χ3v) is 9.27. The number of carbonyl (C=O) groups excluding carboxylic acids is 4. The Balaban J connectivity index is 1.44. The molecule has 0 atom stereocenters.